The Morgan fingerprint density at radius 3 is 2.26 bits per heavy atom. The van der Waals surface area contributed by atoms with Crippen LogP contribution < -0.4 is 0 Å². The summed E-state index contributed by atoms with van der Waals surface area (Å²) >= 11 is 0. The summed E-state index contributed by atoms with van der Waals surface area (Å²) in [6.07, 6.45) is 11.9. The van der Waals surface area contributed by atoms with E-state index in [9.17, 15) is 0 Å². The van der Waals surface area contributed by atoms with Gasteiger partial charge in [0.15, 0.2) is 0 Å². The van der Waals surface area contributed by atoms with Crippen LogP contribution in [-0.2, 0) is 0 Å². The molecule has 0 heterocycles. The van der Waals surface area contributed by atoms with Crippen LogP contribution >= 0.6 is 0 Å². The molecule has 0 bridgehead atoms. The second-order valence-corrected chi connectivity index (χ2v) is 6.70. The first-order valence-corrected chi connectivity index (χ1v) is 9.26. The lowest BCUT2D eigenvalue weighted by Gasteiger charge is -2.17. The monoisotopic (exact) mass is 304 g/mol. The van der Waals surface area contributed by atoms with Crippen LogP contribution in [0.15, 0.2) is 54.6 Å². The highest BCUT2D eigenvalue weighted by atomic mass is 14.3. The number of fused-ring (bicyclic) bond motifs is 1. The predicted molar refractivity (Wildman–Crippen MR) is 101 cm³/mol. The Labute approximate surface area is 141 Å². The predicted octanol–water partition coefficient (Wildman–Crippen LogP) is 7.08. The molecule has 0 amide bonds. The summed E-state index contributed by atoms with van der Waals surface area (Å²) in [5, 5.41) is 0. The Morgan fingerprint density at radius 1 is 0.739 bits per heavy atom. The summed E-state index contributed by atoms with van der Waals surface area (Å²) in [4.78, 5) is 0. The molecular formula is C23H28. The lowest BCUT2D eigenvalue weighted by Crippen LogP contribution is -1.99. The summed E-state index contributed by atoms with van der Waals surface area (Å²) in [6.45, 7) is 2.28. The second kappa shape index (κ2) is 8.15. The van der Waals surface area contributed by atoms with Gasteiger partial charge in [-0.3, -0.25) is 0 Å². The molecule has 120 valence electrons. The zero-order valence-electron chi connectivity index (χ0n) is 14.3. The van der Waals surface area contributed by atoms with Gasteiger partial charge in [-0.05, 0) is 28.7 Å². The van der Waals surface area contributed by atoms with Gasteiger partial charge in [0, 0.05) is 5.92 Å². The van der Waals surface area contributed by atoms with Crippen LogP contribution in [0.25, 0.3) is 11.6 Å². The van der Waals surface area contributed by atoms with Crippen molar-refractivity contribution >= 4 is 11.6 Å². The Morgan fingerprint density at radius 2 is 1.43 bits per heavy atom. The fourth-order valence-electron chi connectivity index (χ4n) is 3.75. The van der Waals surface area contributed by atoms with Crippen molar-refractivity contribution in [2.75, 3.05) is 0 Å². The average Bonchev–Trinajstić information content (AvgIpc) is 2.97. The summed E-state index contributed by atoms with van der Waals surface area (Å²) < 4.78 is 0. The SMILES string of the molecule is CCCCCCCCC1C(c2ccccc2)=Cc2ccccc21. The molecule has 0 heteroatoms. The van der Waals surface area contributed by atoms with E-state index in [4.69, 9.17) is 0 Å². The van der Waals surface area contributed by atoms with Crippen molar-refractivity contribution in [3.8, 4) is 0 Å². The third-order valence-electron chi connectivity index (χ3n) is 5.01. The molecule has 1 aliphatic rings. The minimum absolute atomic E-state index is 0.583. The maximum absolute atomic E-state index is 2.41. The summed E-state index contributed by atoms with van der Waals surface area (Å²) in [5.41, 5.74) is 5.85. The first-order chi connectivity index (χ1) is 11.4. The maximum atomic E-state index is 2.41. The van der Waals surface area contributed by atoms with E-state index in [2.05, 4.69) is 67.6 Å². The lowest BCUT2D eigenvalue weighted by molar-refractivity contribution is 0.578. The van der Waals surface area contributed by atoms with Gasteiger partial charge in [0.2, 0.25) is 0 Å². The van der Waals surface area contributed by atoms with E-state index >= 15 is 0 Å². The number of unbranched alkanes of at least 4 members (excludes halogenated alkanes) is 5. The van der Waals surface area contributed by atoms with Gasteiger partial charge in [-0.1, -0.05) is 106 Å². The van der Waals surface area contributed by atoms with Gasteiger partial charge in [0.05, 0.1) is 0 Å². The topological polar surface area (TPSA) is 0 Å². The molecule has 0 radical (unpaired) electrons. The van der Waals surface area contributed by atoms with Crippen molar-refractivity contribution in [1.82, 2.24) is 0 Å². The Balaban J connectivity index is 1.69. The highest BCUT2D eigenvalue weighted by molar-refractivity contribution is 5.91. The smallest absolute Gasteiger partial charge is 0.0101 e. The fraction of sp³-hybridized carbons (Fsp3) is 0.391. The molecule has 2 aromatic carbocycles. The van der Waals surface area contributed by atoms with Crippen LogP contribution in [0, 0.1) is 0 Å². The van der Waals surface area contributed by atoms with Crippen LogP contribution in [-0.4, -0.2) is 0 Å². The van der Waals surface area contributed by atoms with Crippen molar-refractivity contribution in [2.24, 2.45) is 0 Å². The molecule has 1 unspecified atom stereocenters. The van der Waals surface area contributed by atoms with E-state index < -0.39 is 0 Å². The van der Waals surface area contributed by atoms with Crippen LogP contribution in [0.1, 0.15) is 74.5 Å². The minimum Gasteiger partial charge on any atom is -0.0654 e. The molecule has 0 N–H and O–H groups in total. The van der Waals surface area contributed by atoms with Crippen molar-refractivity contribution in [3.05, 3.63) is 71.3 Å². The van der Waals surface area contributed by atoms with E-state index in [1.165, 1.54) is 67.2 Å². The zero-order valence-corrected chi connectivity index (χ0v) is 14.3. The lowest BCUT2D eigenvalue weighted by atomic mass is 9.87. The number of allylic oxidation sites excluding steroid dienone is 1. The number of hydrogen-bond acceptors (Lipinski definition) is 0. The highest BCUT2D eigenvalue weighted by Gasteiger charge is 2.25. The number of hydrogen-bond donors (Lipinski definition) is 0. The molecule has 0 fully saturated rings. The molecule has 0 spiro atoms. The van der Waals surface area contributed by atoms with Gasteiger partial charge in [-0.25, -0.2) is 0 Å². The van der Waals surface area contributed by atoms with Gasteiger partial charge in [0.25, 0.3) is 0 Å². The Bertz CT molecular complexity index is 636. The normalized spacial score (nSPS) is 16.2. The van der Waals surface area contributed by atoms with Gasteiger partial charge in [-0.2, -0.15) is 0 Å². The molecule has 1 aliphatic carbocycles. The first-order valence-electron chi connectivity index (χ1n) is 9.26. The molecule has 0 aromatic heterocycles. The largest absolute Gasteiger partial charge is 0.0654 e. The summed E-state index contributed by atoms with van der Waals surface area (Å²) in [7, 11) is 0. The molecule has 2 aromatic rings. The third kappa shape index (κ3) is 3.93. The first kappa shape index (κ1) is 16.1. The zero-order chi connectivity index (χ0) is 15.9. The molecule has 0 aliphatic heterocycles. The third-order valence-corrected chi connectivity index (χ3v) is 5.01. The number of benzene rings is 2. The van der Waals surface area contributed by atoms with Crippen molar-refractivity contribution in [3.63, 3.8) is 0 Å². The molecule has 0 saturated carbocycles. The van der Waals surface area contributed by atoms with Gasteiger partial charge in [0.1, 0.15) is 0 Å². The van der Waals surface area contributed by atoms with E-state index in [1.54, 1.807) is 0 Å². The van der Waals surface area contributed by atoms with Crippen molar-refractivity contribution < 1.29 is 0 Å². The van der Waals surface area contributed by atoms with E-state index in [-0.39, 0.29) is 0 Å². The van der Waals surface area contributed by atoms with Crippen LogP contribution in [0.5, 0.6) is 0 Å². The van der Waals surface area contributed by atoms with E-state index in [1.807, 2.05) is 0 Å². The minimum atomic E-state index is 0.583. The highest BCUT2D eigenvalue weighted by Crippen LogP contribution is 2.44. The van der Waals surface area contributed by atoms with Crippen LogP contribution in [0.2, 0.25) is 0 Å². The quantitative estimate of drug-likeness (QED) is 0.457. The van der Waals surface area contributed by atoms with Gasteiger partial charge >= 0.3 is 0 Å². The molecule has 23 heavy (non-hydrogen) atoms. The van der Waals surface area contributed by atoms with Crippen LogP contribution in [0.3, 0.4) is 0 Å². The number of rotatable bonds is 8. The molecule has 0 nitrogen and oxygen atoms in total. The molecule has 3 rings (SSSR count). The van der Waals surface area contributed by atoms with Crippen molar-refractivity contribution in [2.45, 2.75) is 57.8 Å². The Hall–Kier alpha value is -1.82. The summed E-state index contributed by atoms with van der Waals surface area (Å²) in [5.74, 6) is 0.583. The molecule has 0 saturated heterocycles. The van der Waals surface area contributed by atoms with Gasteiger partial charge < -0.3 is 0 Å². The van der Waals surface area contributed by atoms with Gasteiger partial charge in [-0.15, -0.1) is 0 Å². The average molecular weight is 304 g/mol. The van der Waals surface area contributed by atoms with E-state index in [0.29, 0.717) is 5.92 Å². The van der Waals surface area contributed by atoms with Crippen LogP contribution in [0.4, 0.5) is 0 Å². The van der Waals surface area contributed by atoms with Crippen molar-refractivity contribution in [1.29, 1.82) is 0 Å². The summed E-state index contributed by atoms with van der Waals surface area (Å²) in [6, 6.07) is 19.9. The standard InChI is InChI=1S/C23H28/c1-2-3-4-5-6-10-17-22-21-16-12-11-15-20(21)18-23(22)19-13-8-7-9-14-19/h7-9,11-16,18,22H,2-6,10,17H2,1H3. The molecule has 1 atom stereocenters. The van der Waals surface area contributed by atoms with E-state index in [0.717, 1.165) is 0 Å². The maximum Gasteiger partial charge on any atom is 0.0101 e. The fourth-order valence-corrected chi connectivity index (χ4v) is 3.75. The molecular weight excluding hydrogens is 276 g/mol. The Kier molecular flexibility index (Phi) is 5.69. The second-order valence-electron chi connectivity index (χ2n) is 6.70.